The number of H-pyrrole nitrogens is 1. The minimum atomic E-state index is -0.397. The highest BCUT2D eigenvalue weighted by Crippen LogP contribution is 2.24. The first-order valence-electron chi connectivity index (χ1n) is 6.79. The van der Waals surface area contributed by atoms with E-state index >= 15 is 0 Å². The molecule has 0 saturated heterocycles. The van der Waals surface area contributed by atoms with Gasteiger partial charge in [-0.05, 0) is 56.0 Å². The molecule has 1 aromatic carbocycles. The molecule has 1 saturated carbocycles. The molecule has 1 aliphatic carbocycles. The quantitative estimate of drug-likeness (QED) is 0.701. The number of hydrogen-bond donors (Lipinski definition) is 3. The van der Waals surface area contributed by atoms with Gasteiger partial charge in [0.1, 0.15) is 0 Å². The van der Waals surface area contributed by atoms with E-state index in [0.717, 1.165) is 43.8 Å². The Morgan fingerprint density at radius 1 is 1.42 bits per heavy atom. The lowest BCUT2D eigenvalue weighted by molar-refractivity contribution is 0.257. The van der Waals surface area contributed by atoms with E-state index in [1.54, 1.807) is 0 Å². The third kappa shape index (κ3) is 2.88. The summed E-state index contributed by atoms with van der Waals surface area (Å²) in [5.41, 5.74) is 8.31. The number of hydrogen-bond acceptors (Lipinski definition) is 4. The molecule has 0 spiro atoms. The van der Waals surface area contributed by atoms with E-state index in [9.17, 15) is 4.79 Å². The van der Waals surface area contributed by atoms with Gasteiger partial charge >= 0.3 is 5.76 Å². The summed E-state index contributed by atoms with van der Waals surface area (Å²) in [4.78, 5) is 13.7. The van der Waals surface area contributed by atoms with E-state index in [0.29, 0.717) is 11.6 Å². The van der Waals surface area contributed by atoms with Crippen LogP contribution >= 0.6 is 0 Å². The molecule has 3 rings (SSSR count). The Bertz CT molecular complexity index is 610. The zero-order valence-corrected chi connectivity index (χ0v) is 10.8. The summed E-state index contributed by atoms with van der Waals surface area (Å²) in [6, 6.07) is 6.26. The summed E-state index contributed by atoms with van der Waals surface area (Å²) in [7, 11) is 0. The molecule has 0 aliphatic heterocycles. The van der Waals surface area contributed by atoms with Crippen molar-refractivity contribution in [2.45, 2.75) is 25.3 Å². The standard InChI is InChI=1S/C14H19N3O2/c15-11-5-10(6-11)8-16-4-3-9-1-2-12-13(7-9)19-14(18)17-12/h1-2,7,10-11,16H,3-6,8,15H2,(H,17,18). The maximum Gasteiger partial charge on any atom is 0.417 e. The van der Waals surface area contributed by atoms with Crippen LogP contribution in [0.5, 0.6) is 0 Å². The van der Waals surface area contributed by atoms with Crippen molar-refractivity contribution in [1.29, 1.82) is 0 Å². The first-order valence-corrected chi connectivity index (χ1v) is 6.79. The monoisotopic (exact) mass is 261 g/mol. The van der Waals surface area contributed by atoms with Crippen LogP contribution in [0.2, 0.25) is 0 Å². The average Bonchev–Trinajstić information content (AvgIpc) is 2.71. The third-order valence-electron chi connectivity index (χ3n) is 3.78. The molecule has 5 heteroatoms. The maximum atomic E-state index is 11.1. The normalized spacial score (nSPS) is 22.6. The first kappa shape index (κ1) is 12.4. The Labute approximate surface area is 111 Å². The molecule has 5 nitrogen and oxygen atoms in total. The van der Waals surface area contributed by atoms with Gasteiger partial charge in [0.25, 0.3) is 0 Å². The molecular weight excluding hydrogens is 242 g/mol. The van der Waals surface area contributed by atoms with Crippen LogP contribution in [0.4, 0.5) is 0 Å². The van der Waals surface area contributed by atoms with Gasteiger partial charge in [-0.15, -0.1) is 0 Å². The maximum absolute atomic E-state index is 11.1. The highest BCUT2D eigenvalue weighted by molar-refractivity contribution is 5.72. The molecular formula is C14H19N3O2. The van der Waals surface area contributed by atoms with Crippen LogP contribution in [0.25, 0.3) is 11.1 Å². The van der Waals surface area contributed by atoms with E-state index in [2.05, 4.69) is 10.3 Å². The molecule has 19 heavy (non-hydrogen) atoms. The zero-order valence-electron chi connectivity index (χ0n) is 10.8. The summed E-state index contributed by atoms with van der Waals surface area (Å²) in [6.07, 6.45) is 3.23. The number of aromatic amines is 1. The second kappa shape index (κ2) is 5.19. The van der Waals surface area contributed by atoms with Crippen molar-refractivity contribution in [3.8, 4) is 0 Å². The van der Waals surface area contributed by atoms with E-state index in [1.807, 2.05) is 18.2 Å². The number of oxazole rings is 1. The van der Waals surface area contributed by atoms with E-state index < -0.39 is 5.76 Å². The number of benzene rings is 1. The Morgan fingerprint density at radius 2 is 2.26 bits per heavy atom. The van der Waals surface area contributed by atoms with E-state index in [1.165, 1.54) is 5.56 Å². The molecule has 1 heterocycles. The van der Waals surface area contributed by atoms with Crippen LogP contribution in [0.15, 0.2) is 27.4 Å². The molecule has 2 aromatic rings. The fraction of sp³-hybridized carbons (Fsp3) is 0.500. The molecule has 1 aromatic heterocycles. The number of nitrogens with two attached hydrogens (primary N) is 1. The van der Waals surface area contributed by atoms with Crippen LogP contribution < -0.4 is 16.8 Å². The SMILES string of the molecule is NC1CC(CNCCc2ccc3[nH]c(=O)oc3c2)C1. The Kier molecular flexibility index (Phi) is 3.40. The summed E-state index contributed by atoms with van der Waals surface area (Å²) >= 11 is 0. The molecule has 0 amide bonds. The molecule has 4 N–H and O–H groups in total. The van der Waals surface area contributed by atoms with E-state index in [4.69, 9.17) is 10.2 Å². The van der Waals surface area contributed by atoms with Crippen molar-refractivity contribution in [1.82, 2.24) is 10.3 Å². The fourth-order valence-corrected chi connectivity index (χ4v) is 2.64. The lowest BCUT2D eigenvalue weighted by Gasteiger charge is -2.32. The van der Waals surface area contributed by atoms with Gasteiger partial charge in [-0.1, -0.05) is 6.07 Å². The first-order chi connectivity index (χ1) is 9.20. The molecule has 0 atom stereocenters. The smallest absolute Gasteiger partial charge is 0.408 e. The molecule has 0 bridgehead atoms. The number of rotatable bonds is 5. The van der Waals surface area contributed by atoms with Gasteiger partial charge in [0, 0.05) is 6.04 Å². The van der Waals surface area contributed by atoms with Gasteiger partial charge in [0.15, 0.2) is 5.58 Å². The minimum Gasteiger partial charge on any atom is -0.408 e. The second-order valence-corrected chi connectivity index (χ2v) is 5.40. The number of nitrogens with one attached hydrogen (secondary N) is 2. The van der Waals surface area contributed by atoms with Crippen molar-refractivity contribution < 1.29 is 4.42 Å². The van der Waals surface area contributed by atoms with Gasteiger partial charge < -0.3 is 15.5 Å². The second-order valence-electron chi connectivity index (χ2n) is 5.40. The molecule has 0 radical (unpaired) electrons. The van der Waals surface area contributed by atoms with Crippen LogP contribution in [0.1, 0.15) is 18.4 Å². The summed E-state index contributed by atoms with van der Waals surface area (Å²) in [5.74, 6) is 0.353. The van der Waals surface area contributed by atoms with Gasteiger partial charge in [0.2, 0.25) is 0 Å². The zero-order chi connectivity index (χ0) is 13.2. The van der Waals surface area contributed by atoms with Crippen LogP contribution in [0.3, 0.4) is 0 Å². The molecule has 1 aliphatic rings. The molecule has 0 unspecified atom stereocenters. The topological polar surface area (TPSA) is 84.0 Å². The fourth-order valence-electron chi connectivity index (χ4n) is 2.64. The van der Waals surface area contributed by atoms with Crippen LogP contribution in [-0.2, 0) is 6.42 Å². The van der Waals surface area contributed by atoms with Crippen molar-refractivity contribution in [3.05, 3.63) is 34.3 Å². The van der Waals surface area contributed by atoms with Crippen molar-refractivity contribution in [2.24, 2.45) is 11.7 Å². The molecule has 102 valence electrons. The minimum absolute atomic E-state index is 0.397. The van der Waals surface area contributed by atoms with Gasteiger partial charge in [0.05, 0.1) is 5.52 Å². The Balaban J connectivity index is 1.49. The number of aromatic nitrogens is 1. The summed E-state index contributed by atoms with van der Waals surface area (Å²) < 4.78 is 5.05. The van der Waals surface area contributed by atoms with Crippen LogP contribution in [-0.4, -0.2) is 24.1 Å². The third-order valence-corrected chi connectivity index (χ3v) is 3.78. The summed E-state index contributed by atoms with van der Waals surface area (Å²) in [6.45, 7) is 1.99. The predicted octanol–water partition coefficient (Wildman–Crippen LogP) is 0.990. The Morgan fingerprint density at radius 3 is 3.05 bits per heavy atom. The van der Waals surface area contributed by atoms with Gasteiger partial charge in [-0.3, -0.25) is 4.98 Å². The Hall–Kier alpha value is -1.59. The summed E-state index contributed by atoms with van der Waals surface area (Å²) in [5, 5.41) is 3.45. The van der Waals surface area contributed by atoms with Gasteiger partial charge in [-0.25, -0.2) is 4.79 Å². The highest BCUT2D eigenvalue weighted by atomic mass is 16.4. The van der Waals surface area contributed by atoms with Crippen molar-refractivity contribution in [3.63, 3.8) is 0 Å². The highest BCUT2D eigenvalue weighted by Gasteiger charge is 2.24. The van der Waals surface area contributed by atoms with Crippen molar-refractivity contribution in [2.75, 3.05) is 13.1 Å². The molecule has 1 fully saturated rings. The van der Waals surface area contributed by atoms with E-state index in [-0.39, 0.29) is 0 Å². The van der Waals surface area contributed by atoms with Crippen LogP contribution in [0, 0.1) is 5.92 Å². The van der Waals surface area contributed by atoms with Gasteiger partial charge in [-0.2, -0.15) is 0 Å². The largest absolute Gasteiger partial charge is 0.417 e. The average molecular weight is 261 g/mol. The van der Waals surface area contributed by atoms with Crippen molar-refractivity contribution >= 4 is 11.1 Å². The predicted molar refractivity (Wildman–Crippen MR) is 74.1 cm³/mol. The lowest BCUT2D eigenvalue weighted by atomic mass is 9.81. The number of fused-ring (bicyclic) bond motifs is 1. The lowest BCUT2D eigenvalue weighted by Crippen LogP contribution is -2.41.